The summed E-state index contributed by atoms with van der Waals surface area (Å²) in [7, 11) is 5.94. The molecule has 0 atom stereocenters. The molecule has 0 spiro atoms. The van der Waals surface area contributed by atoms with Gasteiger partial charge in [-0.25, -0.2) is 0 Å². The molecule has 0 unspecified atom stereocenters. The Morgan fingerprint density at radius 2 is 2.05 bits per heavy atom. The van der Waals surface area contributed by atoms with E-state index in [1.807, 2.05) is 18.2 Å². The average molecular weight is 290 g/mol. The molecule has 5 nitrogen and oxygen atoms in total. The minimum absolute atomic E-state index is 0.0465. The summed E-state index contributed by atoms with van der Waals surface area (Å²) in [5.41, 5.74) is 7.42. The largest absolute Gasteiger partial charge is 0.496 e. The molecule has 116 valence electrons. The maximum absolute atomic E-state index is 7.55. The summed E-state index contributed by atoms with van der Waals surface area (Å²) in [6.45, 7) is 3.17. The minimum atomic E-state index is 0.0465. The number of methoxy groups -OCH3 is 1. The Morgan fingerprint density at radius 3 is 2.57 bits per heavy atom. The quantitative estimate of drug-likeness (QED) is 0.637. The van der Waals surface area contributed by atoms with Crippen molar-refractivity contribution >= 4 is 5.84 Å². The molecular weight excluding hydrogens is 264 g/mol. The van der Waals surface area contributed by atoms with Crippen molar-refractivity contribution in [3.8, 4) is 5.75 Å². The van der Waals surface area contributed by atoms with E-state index in [-0.39, 0.29) is 5.84 Å². The lowest BCUT2D eigenvalue weighted by Gasteiger charge is -2.35. The Kier molecular flexibility index (Phi) is 5.20. The Labute approximate surface area is 127 Å². The lowest BCUT2D eigenvalue weighted by molar-refractivity contribution is 0.140. The zero-order valence-corrected chi connectivity index (χ0v) is 13.2. The zero-order chi connectivity index (χ0) is 15.4. The third kappa shape index (κ3) is 3.95. The van der Waals surface area contributed by atoms with Gasteiger partial charge in [-0.3, -0.25) is 10.3 Å². The van der Waals surface area contributed by atoms with E-state index in [9.17, 15) is 0 Å². The van der Waals surface area contributed by atoms with Gasteiger partial charge in [0.15, 0.2) is 0 Å². The molecule has 1 aliphatic heterocycles. The summed E-state index contributed by atoms with van der Waals surface area (Å²) in [5, 5.41) is 7.55. The minimum Gasteiger partial charge on any atom is -0.496 e. The first-order valence-corrected chi connectivity index (χ1v) is 7.41. The van der Waals surface area contributed by atoms with Crippen LogP contribution in [0.3, 0.4) is 0 Å². The van der Waals surface area contributed by atoms with Crippen molar-refractivity contribution < 1.29 is 4.74 Å². The number of nitrogen functional groups attached to an aromatic ring is 1. The van der Waals surface area contributed by atoms with Crippen LogP contribution in [0.1, 0.15) is 24.0 Å². The SMILES string of the molecule is COc1cc(CN2CCC(N(C)C)CC2)ccc1C(=N)N. The molecule has 5 heteroatoms. The number of ether oxygens (including phenoxy) is 1. The highest BCUT2D eigenvalue weighted by molar-refractivity contribution is 5.97. The predicted octanol–water partition coefficient (Wildman–Crippen LogP) is 1.51. The van der Waals surface area contributed by atoms with Crippen LogP contribution in [0.4, 0.5) is 0 Å². The maximum Gasteiger partial charge on any atom is 0.130 e. The van der Waals surface area contributed by atoms with E-state index in [0.717, 1.165) is 19.6 Å². The second-order valence-electron chi connectivity index (χ2n) is 5.92. The van der Waals surface area contributed by atoms with Crippen molar-refractivity contribution in [1.82, 2.24) is 9.80 Å². The number of nitrogens with zero attached hydrogens (tertiary/aromatic N) is 2. The molecule has 0 radical (unpaired) electrons. The average Bonchev–Trinajstić information content (AvgIpc) is 2.47. The van der Waals surface area contributed by atoms with E-state index in [0.29, 0.717) is 17.4 Å². The number of hydrogen-bond acceptors (Lipinski definition) is 4. The molecule has 1 saturated heterocycles. The fourth-order valence-electron chi connectivity index (χ4n) is 2.91. The summed E-state index contributed by atoms with van der Waals surface area (Å²) in [4.78, 5) is 4.80. The van der Waals surface area contributed by atoms with E-state index in [1.54, 1.807) is 7.11 Å². The van der Waals surface area contributed by atoms with Crippen molar-refractivity contribution in [3.05, 3.63) is 29.3 Å². The molecule has 0 amide bonds. The number of likely N-dealkylation sites (tertiary alicyclic amines) is 1. The molecule has 0 aliphatic carbocycles. The van der Waals surface area contributed by atoms with Crippen molar-refractivity contribution in [1.29, 1.82) is 5.41 Å². The molecule has 2 rings (SSSR count). The van der Waals surface area contributed by atoms with Gasteiger partial charge in [-0.1, -0.05) is 6.07 Å². The van der Waals surface area contributed by atoms with Crippen molar-refractivity contribution in [3.63, 3.8) is 0 Å². The Hall–Kier alpha value is -1.59. The second-order valence-corrected chi connectivity index (χ2v) is 5.92. The van der Waals surface area contributed by atoms with Crippen molar-refractivity contribution in [2.45, 2.75) is 25.4 Å². The monoisotopic (exact) mass is 290 g/mol. The number of piperidine rings is 1. The van der Waals surface area contributed by atoms with Crippen LogP contribution in [0.5, 0.6) is 5.75 Å². The summed E-state index contributed by atoms with van der Waals surface area (Å²) in [5.74, 6) is 0.730. The number of nitrogens with two attached hydrogens (primary N) is 1. The van der Waals surface area contributed by atoms with Crippen molar-refractivity contribution in [2.75, 3.05) is 34.3 Å². The lowest BCUT2D eigenvalue weighted by atomic mass is 10.0. The van der Waals surface area contributed by atoms with Gasteiger partial charge in [-0.05, 0) is 57.7 Å². The number of hydrogen-bond donors (Lipinski definition) is 2. The number of rotatable bonds is 5. The van der Waals surface area contributed by atoms with E-state index in [2.05, 4.69) is 23.9 Å². The van der Waals surface area contributed by atoms with Gasteiger partial charge in [0.05, 0.1) is 12.7 Å². The van der Waals surface area contributed by atoms with Gasteiger partial charge in [-0.2, -0.15) is 0 Å². The molecule has 1 aromatic carbocycles. The third-order valence-electron chi connectivity index (χ3n) is 4.25. The van der Waals surface area contributed by atoms with Gasteiger partial charge in [0.1, 0.15) is 11.6 Å². The highest BCUT2D eigenvalue weighted by Gasteiger charge is 2.20. The zero-order valence-electron chi connectivity index (χ0n) is 13.2. The predicted molar refractivity (Wildman–Crippen MR) is 86.0 cm³/mol. The van der Waals surface area contributed by atoms with E-state index in [4.69, 9.17) is 15.9 Å². The maximum atomic E-state index is 7.55. The highest BCUT2D eigenvalue weighted by atomic mass is 16.5. The standard InChI is InChI=1S/C16H26N4O/c1-19(2)13-6-8-20(9-7-13)11-12-4-5-14(16(17)18)15(10-12)21-3/h4-5,10,13H,6-9,11H2,1-3H3,(H3,17,18). The first-order chi connectivity index (χ1) is 10.0. The third-order valence-corrected chi connectivity index (χ3v) is 4.25. The molecule has 0 aromatic heterocycles. The summed E-state index contributed by atoms with van der Waals surface area (Å²) in [6.07, 6.45) is 2.44. The molecular formula is C16H26N4O. The van der Waals surface area contributed by atoms with Gasteiger partial charge in [0, 0.05) is 12.6 Å². The van der Waals surface area contributed by atoms with Crippen LogP contribution in [0.15, 0.2) is 18.2 Å². The highest BCUT2D eigenvalue weighted by Crippen LogP contribution is 2.22. The molecule has 1 aliphatic rings. The molecule has 1 heterocycles. The molecule has 0 saturated carbocycles. The van der Waals surface area contributed by atoms with Crippen molar-refractivity contribution in [2.24, 2.45) is 5.73 Å². The van der Waals surface area contributed by atoms with Gasteiger partial charge in [-0.15, -0.1) is 0 Å². The van der Waals surface area contributed by atoms with Gasteiger partial charge >= 0.3 is 0 Å². The molecule has 21 heavy (non-hydrogen) atoms. The number of nitrogens with one attached hydrogen (secondary N) is 1. The summed E-state index contributed by atoms with van der Waals surface area (Å²) in [6, 6.07) is 6.62. The van der Waals surface area contributed by atoms with Crippen LogP contribution < -0.4 is 10.5 Å². The number of benzene rings is 1. The van der Waals surface area contributed by atoms with Crippen LogP contribution in [-0.2, 0) is 6.54 Å². The number of amidine groups is 1. The van der Waals surface area contributed by atoms with Gasteiger partial charge in [0.2, 0.25) is 0 Å². The summed E-state index contributed by atoms with van der Waals surface area (Å²) < 4.78 is 5.34. The fraction of sp³-hybridized carbons (Fsp3) is 0.562. The summed E-state index contributed by atoms with van der Waals surface area (Å²) >= 11 is 0. The molecule has 1 fully saturated rings. The second kappa shape index (κ2) is 6.91. The van der Waals surface area contributed by atoms with E-state index >= 15 is 0 Å². The molecule has 3 N–H and O–H groups in total. The van der Waals surface area contributed by atoms with Crippen LogP contribution in [0.25, 0.3) is 0 Å². The molecule has 1 aromatic rings. The molecule has 0 bridgehead atoms. The van der Waals surface area contributed by atoms with Crippen LogP contribution >= 0.6 is 0 Å². The smallest absolute Gasteiger partial charge is 0.130 e. The van der Waals surface area contributed by atoms with Crippen LogP contribution in [0.2, 0.25) is 0 Å². The lowest BCUT2D eigenvalue weighted by Crippen LogP contribution is -2.41. The first-order valence-electron chi connectivity index (χ1n) is 7.41. The fourth-order valence-corrected chi connectivity index (χ4v) is 2.91. The van der Waals surface area contributed by atoms with Crippen LogP contribution in [0, 0.1) is 5.41 Å². The Balaban J connectivity index is 1.99. The van der Waals surface area contributed by atoms with E-state index in [1.165, 1.54) is 18.4 Å². The topological polar surface area (TPSA) is 65.6 Å². The van der Waals surface area contributed by atoms with Gasteiger partial charge < -0.3 is 15.4 Å². The Morgan fingerprint density at radius 1 is 1.38 bits per heavy atom. The Bertz CT molecular complexity index is 493. The first kappa shape index (κ1) is 15.8. The van der Waals surface area contributed by atoms with Crippen LogP contribution in [-0.4, -0.2) is 56.0 Å². The van der Waals surface area contributed by atoms with E-state index < -0.39 is 0 Å². The van der Waals surface area contributed by atoms with Gasteiger partial charge in [0.25, 0.3) is 0 Å². The normalized spacial score (nSPS) is 17.1.